The molecule has 0 radical (unpaired) electrons. The summed E-state index contributed by atoms with van der Waals surface area (Å²) >= 11 is 0. The first-order chi connectivity index (χ1) is 8.27. The number of nitrogens with zero attached hydrogens (tertiary/aromatic N) is 1. The van der Waals surface area contributed by atoms with Crippen molar-refractivity contribution in [2.24, 2.45) is 0 Å². The zero-order chi connectivity index (χ0) is 13.9. The molecule has 0 unspecified atom stereocenters. The van der Waals surface area contributed by atoms with Crippen LogP contribution in [0, 0.1) is 6.92 Å². The van der Waals surface area contributed by atoms with Gasteiger partial charge >= 0.3 is 0 Å². The predicted octanol–water partition coefficient (Wildman–Crippen LogP) is 1.23. The Bertz CT molecular complexity index is 536. The van der Waals surface area contributed by atoms with Gasteiger partial charge in [-0.25, -0.2) is 8.42 Å². The normalized spacial score (nSPS) is 11.6. The molecule has 0 atom stereocenters. The zero-order valence-electron chi connectivity index (χ0n) is 10.3. The third kappa shape index (κ3) is 3.47. The van der Waals surface area contributed by atoms with Crippen LogP contribution in [-0.2, 0) is 13.8 Å². The number of ether oxygens (including phenoxy) is 1. The fourth-order valence-electron chi connectivity index (χ4n) is 1.33. The average molecular weight is 296 g/mol. The third-order valence-corrected chi connectivity index (χ3v) is 3.75. The van der Waals surface area contributed by atoms with E-state index in [1.54, 1.807) is 7.05 Å². The van der Waals surface area contributed by atoms with E-state index in [9.17, 15) is 13.2 Å². The highest BCUT2D eigenvalue weighted by atomic mass is 35.7. The van der Waals surface area contributed by atoms with Gasteiger partial charge in [0.05, 0.1) is 6.61 Å². The Kier molecular flexibility index (Phi) is 4.78. The van der Waals surface area contributed by atoms with Crippen LogP contribution >= 0.6 is 10.7 Å². The van der Waals surface area contributed by atoms with E-state index >= 15 is 0 Å². The molecule has 18 heavy (non-hydrogen) atoms. The minimum absolute atomic E-state index is 0.0645. The van der Waals surface area contributed by atoms with Gasteiger partial charge in [-0.05, 0) is 6.92 Å². The molecule has 6 nitrogen and oxygen atoms in total. The molecule has 0 bridgehead atoms. The molecule has 1 aromatic rings. The van der Waals surface area contributed by atoms with Crippen LogP contribution in [-0.4, -0.2) is 46.5 Å². The van der Waals surface area contributed by atoms with E-state index in [1.165, 1.54) is 18.9 Å². The van der Waals surface area contributed by atoms with E-state index in [4.69, 9.17) is 19.8 Å². The first-order valence-corrected chi connectivity index (χ1v) is 7.37. The molecule has 0 spiro atoms. The molecule has 1 amide bonds. The lowest BCUT2D eigenvalue weighted by Gasteiger charge is -2.14. The Morgan fingerprint density at radius 2 is 2.17 bits per heavy atom. The largest absolute Gasteiger partial charge is 0.455 e. The number of hydrogen-bond donors (Lipinski definition) is 0. The standard InChI is InChI=1S/C10H14ClNO5S/c1-7-9(18(11,14)15)6-8(17-7)10(13)12(2)4-5-16-3/h6H,4-5H2,1-3H3. The number of halogens is 1. The molecule has 1 rings (SSSR count). The Balaban J connectivity index is 2.95. The lowest BCUT2D eigenvalue weighted by molar-refractivity contribution is 0.0712. The van der Waals surface area contributed by atoms with E-state index in [0.717, 1.165) is 6.07 Å². The topological polar surface area (TPSA) is 76.8 Å². The van der Waals surface area contributed by atoms with Crippen molar-refractivity contribution < 1.29 is 22.4 Å². The number of aryl methyl sites for hydroxylation is 1. The van der Waals surface area contributed by atoms with Crippen molar-refractivity contribution in [2.45, 2.75) is 11.8 Å². The van der Waals surface area contributed by atoms with Crippen molar-refractivity contribution in [1.82, 2.24) is 4.90 Å². The molecular formula is C10H14ClNO5S. The fourth-order valence-corrected chi connectivity index (χ4v) is 2.42. The van der Waals surface area contributed by atoms with Crippen molar-refractivity contribution >= 4 is 25.6 Å². The SMILES string of the molecule is COCCN(C)C(=O)c1cc(S(=O)(=O)Cl)c(C)o1. The number of rotatable bonds is 5. The van der Waals surface area contributed by atoms with E-state index in [2.05, 4.69) is 0 Å². The van der Waals surface area contributed by atoms with Gasteiger partial charge in [0.15, 0.2) is 5.76 Å². The van der Waals surface area contributed by atoms with Gasteiger partial charge in [0.1, 0.15) is 10.7 Å². The van der Waals surface area contributed by atoms with Crippen LogP contribution in [0.15, 0.2) is 15.4 Å². The fraction of sp³-hybridized carbons (Fsp3) is 0.500. The first-order valence-electron chi connectivity index (χ1n) is 5.07. The van der Waals surface area contributed by atoms with Crippen LogP contribution in [0.1, 0.15) is 16.3 Å². The maximum atomic E-state index is 11.9. The number of furan rings is 1. The van der Waals surface area contributed by atoms with Crippen LogP contribution in [0.5, 0.6) is 0 Å². The Morgan fingerprint density at radius 3 is 2.61 bits per heavy atom. The van der Waals surface area contributed by atoms with Gasteiger partial charge in [0.25, 0.3) is 15.0 Å². The molecule has 102 valence electrons. The number of hydrogen-bond acceptors (Lipinski definition) is 5. The molecule has 0 saturated carbocycles. The highest BCUT2D eigenvalue weighted by molar-refractivity contribution is 8.13. The molecule has 8 heteroatoms. The van der Waals surface area contributed by atoms with E-state index in [1.807, 2.05) is 0 Å². The van der Waals surface area contributed by atoms with Crippen molar-refractivity contribution in [3.8, 4) is 0 Å². The first kappa shape index (κ1) is 15.0. The number of carbonyl (C=O) groups excluding carboxylic acids is 1. The molecule has 0 fully saturated rings. The van der Waals surface area contributed by atoms with Crippen LogP contribution < -0.4 is 0 Å². The summed E-state index contributed by atoms with van der Waals surface area (Å²) in [5, 5.41) is 0. The minimum Gasteiger partial charge on any atom is -0.455 e. The van der Waals surface area contributed by atoms with Gasteiger partial charge < -0.3 is 14.1 Å². The molecule has 0 saturated heterocycles. The third-order valence-electron chi connectivity index (χ3n) is 2.32. The van der Waals surface area contributed by atoms with Crippen LogP contribution in [0.4, 0.5) is 0 Å². The Labute approximate surface area is 110 Å². The smallest absolute Gasteiger partial charge is 0.289 e. The Hall–Kier alpha value is -1.05. The summed E-state index contributed by atoms with van der Waals surface area (Å²) in [4.78, 5) is 13.1. The lowest BCUT2D eigenvalue weighted by Crippen LogP contribution is -2.29. The van der Waals surface area contributed by atoms with Gasteiger partial charge in [-0.1, -0.05) is 0 Å². The summed E-state index contributed by atoms with van der Waals surface area (Å²) in [7, 11) is 4.39. The number of methoxy groups -OCH3 is 1. The molecule has 0 N–H and O–H groups in total. The molecule has 0 aliphatic rings. The lowest BCUT2D eigenvalue weighted by atomic mass is 10.4. The average Bonchev–Trinajstić information content (AvgIpc) is 2.66. The second kappa shape index (κ2) is 5.73. The van der Waals surface area contributed by atoms with Crippen molar-refractivity contribution in [3.05, 3.63) is 17.6 Å². The summed E-state index contributed by atoms with van der Waals surface area (Å²) in [5.74, 6) is -0.402. The van der Waals surface area contributed by atoms with Crippen molar-refractivity contribution in [1.29, 1.82) is 0 Å². The second-order valence-electron chi connectivity index (χ2n) is 3.69. The maximum absolute atomic E-state index is 11.9. The maximum Gasteiger partial charge on any atom is 0.289 e. The molecule has 1 heterocycles. The highest BCUT2D eigenvalue weighted by Crippen LogP contribution is 2.23. The predicted molar refractivity (Wildman–Crippen MR) is 65.3 cm³/mol. The second-order valence-corrected chi connectivity index (χ2v) is 6.22. The highest BCUT2D eigenvalue weighted by Gasteiger charge is 2.23. The minimum atomic E-state index is -3.91. The molecule has 0 aliphatic heterocycles. The van der Waals surface area contributed by atoms with Gasteiger partial charge in [-0.2, -0.15) is 0 Å². The van der Waals surface area contributed by atoms with Crippen molar-refractivity contribution in [3.63, 3.8) is 0 Å². The van der Waals surface area contributed by atoms with Gasteiger partial charge in [0, 0.05) is 37.5 Å². The van der Waals surface area contributed by atoms with Crippen LogP contribution in [0.2, 0.25) is 0 Å². The molecular weight excluding hydrogens is 282 g/mol. The number of amides is 1. The van der Waals surface area contributed by atoms with Gasteiger partial charge in [-0.15, -0.1) is 0 Å². The number of likely N-dealkylation sites (N-methyl/N-ethyl adjacent to an activating group) is 1. The summed E-state index contributed by atoms with van der Waals surface area (Å²) in [5.41, 5.74) is 0. The molecule has 1 aromatic heterocycles. The Morgan fingerprint density at radius 1 is 1.56 bits per heavy atom. The molecule has 0 aromatic carbocycles. The van der Waals surface area contributed by atoms with E-state index in [-0.39, 0.29) is 16.4 Å². The summed E-state index contributed by atoms with van der Waals surface area (Å²) in [6, 6.07) is 1.13. The van der Waals surface area contributed by atoms with Gasteiger partial charge in [-0.3, -0.25) is 4.79 Å². The quantitative estimate of drug-likeness (QED) is 0.764. The monoisotopic (exact) mass is 295 g/mol. The van der Waals surface area contributed by atoms with E-state index in [0.29, 0.717) is 13.2 Å². The summed E-state index contributed by atoms with van der Waals surface area (Å²) < 4.78 is 32.3. The van der Waals surface area contributed by atoms with Crippen molar-refractivity contribution in [2.75, 3.05) is 27.3 Å². The molecule has 0 aliphatic carbocycles. The zero-order valence-corrected chi connectivity index (χ0v) is 11.8. The van der Waals surface area contributed by atoms with E-state index < -0.39 is 15.0 Å². The number of carbonyl (C=O) groups is 1. The van der Waals surface area contributed by atoms with Crippen LogP contribution in [0.3, 0.4) is 0 Å². The van der Waals surface area contributed by atoms with Crippen LogP contribution in [0.25, 0.3) is 0 Å². The summed E-state index contributed by atoms with van der Waals surface area (Å²) in [6.07, 6.45) is 0. The van der Waals surface area contributed by atoms with Gasteiger partial charge in [0.2, 0.25) is 0 Å². The summed E-state index contributed by atoms with van der Waals surface area (Å²) in [6.45, 7) is 2.18.